The standard InChI is InChI=1S/C23H18N6/c1-2-15-10-17-5-6-19(28-17)13-22-21(23-24-7-8-25-23)12-20(29-22)11-18-4-3-16(27-18)9-14(1)26-15/h1-13,26-29H,(H,24,25). The number of hydrogen-bond donors (Lipinski definition) is 5. The van der Waals surface area contributed by atoms with Gasteiger partial charge in [-0.2, -0.15) is 0 Å². The highest BCUT2D eigenvalue weighted by molar-refractivity contribution is 5.72. The van der Waals surface area contributed by atoms with Crippen molar-refractivity contribution in [2.45, 2.75) is 0 Å². The van der Waals surface area contributed by atoms with Gasteiger partial charge in [0, 0.05) is 56.4 Å². The normalized spacial score (nSPS) is 12.6. The van der Waals surface area contributed by atoms with Crippen molar-refractivity contribution in [2.24, 2.45) is 0 Å². The van der Waals surface area contributed by atoms with Crippen LogP contribution in [0.2, 0.25) is 0 Å². The van der Waals surface area contributed by atoms with Gasteiger partial charge in [0.1, 0.15) is 5.82 Å². The van der Waals surface area contributed by atoms with E-state index in [4.69, 9.17) is 0 Å². The van der Waals surface area contributed by atoms with E-state index < -0.39 is 0 Å². The van der Waals surface area contributed by atoms with E-state index in [1.807, 2.05) is 6.20 Å². The monoisotopic (exact) mass is 378 g/mol. The molecule has 0 atom stereocenters. The van der Waals surface area contributed by atoms with Crippen LogP contribution in [0, 0.1) is 0 Å². The zero-order chi connectivity index (χ0) is 19.2. The number of fused-ring (bicyclic) bond motifs is 8. The van der Waals surface area contributed by atoms with E-state index in [2.05, 4.69) is 96.7 Å². The largest absolute Gasteiger partial charge is 0.355 e. The van der Waals surface area contributed by atoms with Crippen molar-refractivity contribution in [1.82, 2.24) is 29.9 Å². The molecule has 5 aromatic rings. The molecule has 5 aromatic heterocycles. The molecule has 8 bridgehead atoms. The quantitative estimate of drug-likeness (QED) is 0.290. The van der Waals surface area contributed by atoms with E-state index in [9.17, 15) is 0 Å². The second kappa shape index (κ2) is 6.17. The molecule has 0 fully saturated rings. The van der Waals surface area contributed by atoms with Gasteiger partial charge in [-0.15, -0.1) is 0 Å². The SMILES string of the molecule is C1=c2ccc([nH]2)=Cc2cc(-c3ncc[nH]3)c([nH]2)C=c2ccc([nH]2)=Cc2ccc1[nH]2. The van der Waals surface area contributed by atoms with Crippen LogP contribution in [-0.2, 0) is 0 Å². The van der Waals surface area contributed by atoms with Gasteiger partial charge in [0.15, 0.2) is 0 Å². The Balaban J connectivity index is 1.64. The van der Waals surface area contributed by atoms with Gasteiger partial charge in [-0.3, -0.25) is 0 Å². The van der Waals surface area contributed by atoms with Crippen LogP contribution in [0.4, 0.5) is 0 Å². The number of aromatic nitrogens is 6. The molecule has 6 heteroatoms. The fraction of sp³-hybridized carbons (Fsp3) is 0. The van der Waals surface area contributed by atoms with Gasteiger partial charge in [-0.05, 0) is 66.8 Å². The van der Waals surface area contributed by atoms with Gasteiger partial charge in [0.25, 0.3) is 0 Å². The van der Waals surface area contributed by atoms with E-state index in [0.29, 0.717) is 0 Å². The lowest BCUT2D eigenvalue weighted by molar-refractivity contribution is 1.23. The van der Waals surface area contributed by atoms with E-state index in [1.165, 1.54) is 0 Å². The summed E-state index contributed by atoms with van der Waals surface area (Å²) in [5.41, 5.74) is 5.12. The van der Waals surface area contributed by atoms with Crippen LogP contribution in [0.5, 0.6) is 0 Å². The third-order valence-corrected chi connectivity index (χ3v) is 5.05. The Morgan fingerprint density at radius 1 is 0.586 bits per heavy atom. The smallest absolute Gasteiger partial charge is 0.139 e. The van der Waals surface area contributed by atoms with E-state index >= 15 is 0 Å². The number of aromatic amines is 5. The Kier molecular flexibility index (Phi) is 3.37. The maximum absolute atomic E-state index is 4.43. The summed E-state index contributed by atoms with van der Waals surface area (Å²) in [6, 6.07) is 14.6. The minimum atomic E-state index is 0.836. The summed E-state index contributed by atoms with van der Waals surface area (Å²) < 4.78 is 0. The van der Waals surface area contributed by atoms with Crippen LogP contribution < -0.4 is 21.4 Å². The van der Waals surface area contributed by atoms with Gasteiger partial charge in [0.05, 0.1) is 5.69 Å². The number of hydrogen-bond acceptors (Lipinski definition) is 1. The van der Waals surface area contributed by atoms with Gasteiger partial charge >= 0.3 is 0 Å². The summed E-state index contributed by atoms with van der Waals surface area (Å²) in [7, 11) is 0. The van der Waals surface area contributed by atoms with Gasteiger partial charge in [-0.1, -0.05) is 0 Å². The molecule has 6 rings (SSSR count). The van der Waals surface area contributed by atoms with E-state index in [0.717, 1.165) is 55.6 Å². The summed E-state index contributed by atoms with van der Waals surface area (Å²) in [5.74, 6) is 0.836. The van der Waals surface area contributed by atoms with E-state index in [-0.39, 0.29) is 0 Å². The first-order valence-corrected chi connectivity index (χ1v) is 9.47. The number of rotatable bonds is 1. The third-order valence-electron chi connectivity index (χ3n) is 5.05. The summed E-state index contributed by atoms with van der Waals surface area (Å²) in [6.07, 6.45) is 12.0. The van der Waals surface area contributed by atoms with Crippen LogP contribution in [0.1, 0.15) is 22.8 Å². The highest BCUT2D eigenvalue weighted by Gasteiger charge is 2.10. The van der Waals surface area contributed by atoms with Gasteiger partial charge in [0.2, 0.25) is 0 Å². The lowest BCUT2D eigenvalue weighted by Gasteiger charge is -1.94. The second-order valence-electron chi connectivity index (χ2n) is 7.17. The van der Waals surface area contributed by atoms with Crippen LogP contribution in [-0.4, -0.2) is 29.9 Å². The second-order valence-corrected chi connectivity index (χ2v) is 7.17. The van der Waals surface area contributed by atoms with Gasteiger partial charge < -0.3 is 24.9 Å². The number of nitrogens with zero attached hydrogens (tertiary/aromatic N) is 1. The molecule has 6 heterocycles. The van der Waals surface area contributed by atoms with Crippen molar-refractivity contribution in [2.75, 3.05) is 0 Å². The molecule has 0 unspecified atom stereocenters. The molecular weight excluding hydrogens is 360 g/mol. The predicted octanol–water partition coefficient (Wildman–Crippen LogP) is 1.02. The van der Waals surface area contributed by atoms with Crippen LogP contribution >= 0.6 is 0 Å². The first-order valence-electron chi connectivity index (χ1n) is 9.47. The molecule has 0 spiro atoms. The first-order chi connectivity index (χ1) is 14.3. The van der Waals surface area contributed by atoms with Crippen LogP contribution in [0.15, 0.2) is 54.9 Å². The highest BCUT2D eigenvalue weighted by Crippen LogP contribution is 2.22. The molecule has 140 valence electrons. The van der Waals surface area contributed by atoms with Crippen molar-refractivity contribution in [1.29, 1.82) is 0 Å². The Labute approximate surface area is 165 Å². The Morgan fingerprint density at radius 2 is 1.21 bits per heavy atom. The molecule has 0 saturated carbocycles. The Morgan fingerprint density at radius 3 is 1.83 bits per heavy atom. The van der Waals surface area contributed by atoms with E-state index in [1.54, 1.807) is 6.20 Å². The molecule has 0 saturated heterocycles. The number of imidazole rings is 1. The van der Waals surface area contributed by atoms with Crippen molar-refractivity contribution >= 4 is 24.3 Å². The lowest BCUT2D eigenvalue weighted by atomic mass is 10.2. The topological polar surface area (TPSA) is 91.8 Å². The molecule has 0 amide bonds. The van der Waals surface area contributed by atoms with Gasteiger partial charge in [-0.25, -0.2) is 4.98 Å². The molecule has 5 N–H and O–H groups in total. The summed E-state index contributed by atoms with van der Waals surface area (Å²) >= 11 is 0. The van der Waals surface area contributed by atoms with Crippen molar-refractivity contribution in [3.63, 3.8) is 0 Å². The maximum atomic E-state index is 4.43. The minimum Gasteiger partial charge on any atom is -0.355 e. The number of nitrogens with one attached hydrogen (secondary N) is 5. The van der Waals surface area contributed by atoms with Crippen LogP contribution in [0.25, 0.3) is 35.7 Å². The maximum Gasteiger partial charge on any atom is 0.139 e. The minimum absolute atomic E-state index is 0.836. The molecule has 1 aliphatic rings. The lowest BCUT2D eigenvalue weighted by Crippen LogP contribution is -2.10. The Hall–Kier alpha value is -4.19. The molecule has 6 nitrogen and oxygen atoms in total. The third kappa shape index (κ3) is 2.96. The first kappa shape index (κ1) is 15.8. The molecular formula is C23H18N6. The van der Waals surface area contributed by atoms with Crippen molar-refractivity contribution in [3.05, 3.63) is 99.0 Å². The van der Waals surface area contributed by atoms with Crippen molar-refractivity contribution < 1.29 is 0 Å². The average molecular weight is 378 g/mol. The fourth-order valence-corrected chi connectivity index (χ4v) is 3.74. The summed E-state index contributed by atoms with van der Waals surface area (Å²) in [6.45, 7) is 0. The zero-order valence-corrected chi connectivity index (χ0v) is 15.5. The summed E-state index contributed by atoms with van der Waals surface area (Å²) in [4.78, 5) is 21.5. The fourth-order valence-electron chi connectivity index (χ4n) is 3.74. The average Bonchev–Trinajstić information content (AvgIpc) is 3.50. The predicted molar refractivity (Wildman–Crippen MR) is 114 cm³/mol. The molecule has 0 aromatic carbocycles. The highest BCUT2D eigenvalue weighted by atomic mass is 14.9. The molecule has 0 aliphatic carbocycles. The zero-order valence-electron chi connectivity index (χ0n) is 15.5. The number of H-pyrrole nitrogens is 5. The summed E-state index contributed by atoms with van der Waals surface area (Å²) in [5, 5.41) is 4.13. The van der Waals surface area contributed by atoms with Crippen molar-refractivity contribution in [3.8, 4) is 11.4 Å². The molecule has 1 aliphatic heterocycles. The molecule has 29 heavy (non-hydrogen) atoms. The molecule has 0 radical (unpaired) electrons. The van der Waals surface area contributed by atoms with Crippen LogP contribution in [0.3, 0.4) is 0 Å². The Bertz CT molecular complexity index is 1550.